The highest BCUT2D eigenvalue weighted by molar-refractivity contribution is 9.10. The molecule has 1 amide bonds. The van der Waals surface area contributed by atoms with Crippen molar-refractivity contribution >= 4 is 28.1 Å². The summed E-state index contributed by atoms with van der Waals surface area (Å²) in [5.41, 5.74) is 4.27. The third-order valence-corrected chi connectivity index (χ3v) is 2.89. The van der Waals surface area contributed by atoms with Gasteiger partial charge in [-0.1, -0.05) is 34.1 Å². The number of benzene rings is 1. The predicted molar refractivity (Wildman–Crippen MR) is 77.8 cm³/mol. The minimum atomic E-state index is -0.150. The maximum absolute atomic E-state index is 11.6. The van der Waals surface area contributed by atoms with Crippen LogP contribution in [-0.4, -0.2) is 17.1 Å². The molecule has 5 heteroatoms. The van der Waals surface area contributed by atoms with Gasteiger partial charge in [0.25, 0.3) is 0 Å². The quantitative estimate of drug-likeness (QED) is 0.696. The van der Waals surface area contributed by atoms with Gasteiger partial charge >= 0.3 is 0 Å². The highest BCUT2D eigenvalue weighted by atomic mass is 79.9. The molecule has 4 nitrogen and oxygen atoms in total. The van der Waals surface area contributed by atoms with E-state index in [2.05, 4.69) is 31.4 Å². The van der Waals surface area contributed by atoms with Crippen molar-refractivity contribution in [2.45, 2.75) is 6.42 Å². The average Bonchev–Trinajstić information content (AvgIpc) is 2.43. The van der Waals surface area contributed by atoms with Crippen LogP contribution < -0.4 is 5.43 Å². The SMILES string of the molecule is O=C(Cc1ccc(Br)cc1)NN=Cc1cccnc1. The summed E-state index contributed by atoms with van der Waals surface area (Å²) < 4.78 is 0.992. The van der Waals surface area contributed by atoms with Crippen LogP contribution in [-0.2, 0) is 11.2 Å². The number of hydrazone groups is 1. The molecule has 0 aliphatic heterocycles. The number of amides is 1. The zero-order valence-electron chi connectivity index (χ0n) is 10.1. The second-order valence-electron chi connectivity index (χ2n) is 3.88. The molecule has 1 aromatic carbocycles. The Kier molecular flexibility index (Phi) is 4.80. The van der Waals surface area contributed by atoms with Gasteiger partial charge in [-0.25, -0.2) is 5.43 Å². The van der Waals surface area contributed by atoms with Gasteiger partial charge in [0.05, 0.1) is 12.6 Å². The molecule has 0 aliphatic rings. The Morgan fingerprint density at radius 1 is 1.32 bits per heavy atom. The molecular formula is C14H12BrN3O. The maximum atomic E-state index is 11.6. The fourth-order valence-electron chi connectivity index (χ4n) is 1.46. The van der Waals surface area contributed by atoms with Crippen LogP contribution in [0.2, 0.25) is 0 Å². The molecule has 0 fully saturated rings. The largest absolute Gasteiger partial charge is 0.273 e. The number of halogens is 1. The molecule has 0 aliphatic carbocycles. The highest BCUT2D eigenvalue weighted by Crippen LogP contribution is 2.10. The van der Waals surface area contributed by atoms with Gasteiger partial charge in [-0.15, -0.1) is 0 Å². The Balaban J connectivity index is 1.85. The first-order valence-electron chi connectivity index (χ1n) is 5.70. The minimum Gasteiger partial charge on any atom is -0.273 e. The number of aromatic nitrogens is 1. The highest BCUT2D eigenvalue weighted by Gasteiger charge is 2.01. The molecule has 0 radical (unpaired) electrons. The molecule has 0 bridgehead atoms. The number of nitrogens with zero attached hydrogens (tertiary/aromatic N) is 2. The Labute approximate surface area is 119 Å². The summed E-state index contributed by atoms with van der Waals surface area (Å²) in [5.74, 6) is -0.150. The van der Waals surface area contributed by atoms with Crippen LogP contribution >= 0.6 is 15.9 Å². The molecule has 0 atom stereocenters. The molecule has 1 aromatic heterocycles. The average molecular weight is 318 g/mol. The van der Waals surface area contributed by atoms with Crippen molar-refractivity contribution in [1.29, 1.82) is 0 Å². The lowest BCUT2D eigenvalue weighted by Crippen LogP contribution is -2.19. The smallest absolute Gasteiger partial charge is 0.244 e. The van der Waals surface area contributed by atoms with Crippen molar-refractivity contribution in [2.24, 2.45) is 5.10 Å². The van der Waals surface area contributed by atoms with Crippen LogP contribution in [0.4, 0.5) is 0 Å². The van der Waals surface area contributed by atoms with Gasteiger partial charge in [-0.05, 0) is 23.8 Å². The fourth-order valence-corrected chi connectivity index (χ4v) is 1.72. The monoisotopic (exact) mass is 317 g/mol. The van der Waals surface area contributed by atoms with Crippen LogP contribution in [0.1, 0.15) is 11.1 Å². The third kappa shape index (κ3) is 4.63. The van der Waals surface area contributed by atoms with E-state index in [0.29, 0.717) is 6.42 Å². The summed E-state index contributed by atoms with van der Waals surface area (Å²) >= 11 is 3.35. The van der Waals surface area contributed by atoms with Gasteiger partial charge in [0, 0.05) is 22.4 Å². The summed E-state index contributed by atoms with van der Waals surface area (Å²) in [5, 5.41) is 3.88. The van der Waals surface area contributed by atoms with Gasteiger partial charge in [0.2, 0.25) is 5.91 Å². The zero-order valence-corrected chi connectivity index (χ0v) is 11.7. The van der Waals surface area contributed by atoms with Crippen LogP contribution in [0.25, 0.3) is 0 Å². The zero-order chi connectivity index (χ0) is 13.5. The Morgan fingerprint density at radius 2 is 2.11 bits per heavy atom. The van der Waals surface area contributed by atoms with Crippen molar-refractivity contribution < 1.29 is 4.79 Å². The second kappa shape index (κ2) is 6.80. The number of nitrogens with one attached hydrogen (secondary N) is 1. The standard InChI is InChI=1S/C14H12BrN3O/c15-13-5-3-11(4-6-13)8-14(19)18-17-10-12-2-1-7-16-9-12/h1-7,9-10H,8H2,(H,18,19). The fraction of sp³-hybridized carbons (Fsp3) is 0.0714. The van der Waals surface area contributed by atoms with Gasteiger partial charge in [-0.2, -0.15) is 5.10 Å². The lowest BCUT2D eigenvalue weighted by Gasteiger charge is -2.00. The van der Waals surface area contributed by atoms with E-state index in [1.165, 1.54) is 0 Å². The Bertz CT molecular complexity index is 567. The molecule has 2 aromatic rings. The number of hydrogen-bond acceptors (Lipinski definition) is 3. The third-order valence-electron chi connectivity index (χ3n) is 2.37. The van der Waals surface area contributed by atoms with E-state index in [9.17, 15) is 4.79 Å². The summed E-state index contributed by atoms with van der Waals surface area (Å²) in [6.45, 7) is 0. The van der Waals surface area contributed by atoms with Crippen LogP contribution in [0, 0.1) is 0 Å². The van der Waals surface area contributed by atoms with Crippen LogP contribution in [0.3, 0.4) is 0 Å². The summed E-state index contributed by atoms with van der Waals surface area (Å²) in [6.07, 6.45) is 5.22. The van der Waals surface area contributed by atoms with E-state index >= 15 is 0 Å². The van der Waals surface area contributed by atoms with Gasteiger partial charge in [0.1, 0.15) is 0 Å². The van der Waals surface area contributed by atoms with Gasteiger partial charge in [-0.3, -0.25) is 9.78 Å². The molecule has 19 heavy (non-hydrogen) atoms. The number of carbonyl (C=O) groups excluding carboxylic acids is 1. The van der Waals surface area contributed by atoms with Crippen molar-refractivity contribution in [3.8, 4) is 0 Å². The van der Waals surface area contributed by atoms with Crippen molar-refractivity contribution in [2.75, 3.05) is 0 Å². The minimum absolute atomic E-state index is 0.150. The van der Waals surface area contributed by atoms with Gasteiger partial charge < -0.3 is 0 Å². The molecule has 0 saturated carbocycles. The molecule has 0 spiro atoms. The summed E-state index contributed by atoms with van der Waals surface area (Å²) in [7, 11) is 0. The van der Waals surface area contributed by atoms with E-state index in [4.69, 9.17) is 0 Å². The molecule has 1 heterocycles. The van der Waals surface area contributed by atoms with E-state index in [1.807, 2.05) is 36.4 Å². The topological polar surface area (TPSA) is 54.4 Å². The first-order chi connectivity index (χ1) is 9.24. The number of carbonyl (C=O) groups is 1. The van der Waals surface area contributed by atoms with Crippen molar-refractivity contribution in [3.63, 3.8) is 0 Å². The lowest BCUT2D eigenvalue weighted by atomic mass is 10.1. The Morgan fingerprint density at radius 3 is 2.79 bits per heavy atom. The number of pyridine rings is 1. The summed E-state index contributed by atoms with van der Waals surface area (Å²) in [6, 6.07) is 11.3. The molecule has 96 valence electrons. The first-order valence-corrected chi connectivity index (χ1v) is 6.50. The molecule has 0 saturated heterocycles. The van der Waals surface area contributed by atoms with Crippen molar-refractivity contribution in [3.05, 3.63) is 64.4 Å². The molecule has 0 unspecified atom stereocenters. The normalized spacial score (nSPS) is 10.6. The van der Waals surface area contributed by atoms with Gasteiger partial charge in [0.15, 0.2) is 0 Å². The predicted octanol–water partition coefficient (Wildman–Crippen LogP) is 2.54. The maximum Gasteiger partial charge on any atom is 0.244 e. The lowest BCUT2D eigenvalue weighted by molar-refractivity contribution is -0.120. The molecular weight excluding hydrogens is 306 g/mol. The molecule has 1 N–H and O–H groups in total. The number of rotatable bonds is 4. The van der Waals surface area contributed by atoms with Crippen LogP contribution in [0.5, 0.6) is 0 Å². The second-order valence-corrected chi connectivity index (χ2v) is 4.80. The molecule has 2 rings (SSSR count). The summed E-state index contributed by atoms with van der Waals surface area (Å²) in [4.78, 5) is 15.6. The van der Waals surface area contributed by atoms with E-state index < -0.39 is 0 Å². The van der Waals surface area contributed by atoms with E-state index in [-0.39, 0.29) is 5.91 Å². The first kappa shape index (κ1) is 13.4. The van der Waals surface area contributed by atoms with E-state index in [1.54, 1.807) is 18.6 Å². The van der Waals surface area contributed by atoms with Crippen molar-refractivity contribution in [1.82, 2.24) is 10.4 Å². The Hall–Kier alpha value is -2.01. The van der Waals surface area contributed by atoms with E-state index in [0.717, 1.165) is 15.6 Å². The van der Waals surface area contributed by atoms with Crippen LogP contribution in [0.15, 0.2) is 58.4 Å². The number of hydrogen-bond donors (Lipinski definition) is 1.